The lowest BCUT2D eigenvalue weighted by Crippen LogP contribution is -2.15. The van der Waals surface area contributed by atoms with Gasteiger partial charge in [-0.1, -0.05) is 36.4 Å². The number of nitrogens with zero attached hydrogens (tertiary/aromatic N) is 3. The first-order valence-electron chi connectivity index (χ1n) is 10.0. The summed E-state index contributed by atoms with van der Waals surface area (Å²) in [6.07, 6.45) is -5.15. The molecule has 9 heteroatoms. The van der Waals surface area contributed by atoms with Crippen molar-refractivity contribution < 1.29 is 27.4 Å². The third-order valence-corrected chi connectivity index (χ3v) is 4.96. The summed E-state index contributed by atoms with van der Waals surface area (Å²) in [7, 11) is 2.85. The second kappa shape index (κ2) is 9.32. The Morgan fingerprint density at radius 1 is 0.818 bits per heavy atom. The van der Waals surface area contributed by atoms with Crippen LogP contribution < -0.4 is 14.2 Å². The van der Waals surface area contributed by atoms with Crippen molar-refractivity contribution in [3.8, 4) is 17.8 Å². The Bertz CT molecular complexity index is 1240. The normalized spacial score (nSPS) is 12.4. The molecule has 0 radical (unpaired) electrons. The van der Waals surface area contributed by atoms with Gasteiger partial charge in [0.1, 0.15) is 6.10 Å². The molecule has 2 aromatic carbocycles. The molecule has 0 amide bonds. The van der Waals surface area contributed by atoms with Crippen molar-refractivity contribution >= 4 is 10.9 Å². The summed E-state index contributed by atoms with van der Waals surface area (Å²) in [4.78, 5) is 12.9. The summed E-state index contributed by atoms with van der Waals surface area (Å²) in [6.45, 7) is 0. The number of halogens is 3. The summed E-state index contributed by atoms with van der Waals surface area (Å²) in [6, 6.07) is 17.7. The number of benzene rings is 2. The molecule has 1 atom stereocenters. The molecular formula is C24H20F3N3O3. The summed E-state index contributed by atoms with van der Waals surface area (Å²) < 4.78 is 56.3. The van der Waals surface area contributed by atoms with Crippen molar-refractivity contribution in [1.29, 1.82) is 0 Å². The van der Waals surface area contributed by atoms with Crippen LogP contribution in [0.15, 0.2) is 66.7 Å². The number of hydrogen-bond acceptors (Lipinski definition) is 6. The smallest absolute Gasteiger partial charge is 0.416 e. The van der Waals surface area contributed by atoms with Gasteiger partial charge in [0, 0.05) is 17.5 Å². The van der Waals surface area contributed by atoms with Gasteiger partial charge in [-0.3, -0.25) is 4.98 Å². The summed E-state index contributed by atoms with van der Waals surface area (Å²) >= 11 is 0. The number of rotatable bonds is 7. The van der Waals surface area contributed by atoms with Crippen LogP contribution in [0.2, 0.25) is 0 Å². The third kappa shape index (κ3) is 5.31. The van der Waals surface area contributed by atoms with Crippen molar-refractivity contribution in [2.75, 3.05) is 14.2 Å². The van der Waals surface area contributed by atoms with E-state index in [9.17, 15) is 13.2 Å². The van der Waals surface area contributed by atoms with Gasteiger partial charge >= 0.3 is 12.2 Å². The first-order valence-corrected chi connectivity index (χ1v) is 10.0. The van der Waals surface area contributed by atoms with Gasteiger partial charge < -0.3 is 14.2 Å². The van der Waals surface area contributed by atoms with E-state index in [0.29, 0.717) is 11.3 Å². The minimum atomic E-state index is -4.49. The number of fused-ring (bicyclic) bond motifs is 1. The molecule has 6 nitrogen and oxygen atoms in total. The number of ether oxygens (including phenoxy) is 3. The van der Waals surface area contributed by atoms with E-state index < -0.39 is 17.8 Å². The molecule has 0 saturated carbocycles. The van der Waals surface area contributed by atoms with Gasteiger partial charge in [0.15, 0.2) is 0 Å². The van der Waals surface area contributed by atoms with Gasteiger partial charge in [0.25, 0.3) is 0 Å². The van der Waals surface area contributed by atoms with Gasteiger partial charge in [0.05, 0.1) is 31.4 Å². The Hall–Kier alpha value is -3.88. The Morgan fingerprint density at radius 2 is 1.55 bits per heavy atom. The lowest BCUT2D eigenvalue weighted by Gasteiger charge is -2.20. The standard InChI is InChI=1S/C24H20F3N3O3/c1-31-21-14-22(32-2)30-23(29-21)33-20(16-7-5-8-17(12-16)24(25,26)27)13-18-11-10-15-6-3-4-9-19(15)28-18/h3-12,14,20H,13H2,1-2H3. The zero-order valence-electron chi connectivity index (χ0n) is 17.8. The maximum atomic E-state index is 13.3. The highest BCUT2D eigenvalue weighted by molar-refractivity contribution is 5.78. The molecule has 4 rings (SSSR count). The molecule has 170 valence electrons. The minimum absolute atomic E-state index is 0.0885. The van der Waals surface area contributed by atoms with Crippen molar-refractivity contribution in [1.82, 2.24) is 15.0 Å². The quantitative estimate of drug-likeness (QED) is 0.371. The van der Waals surface area contributed by atoms with Crippen molar-refractivity contribution in [2.45, 2.75) is 18.7 Å². The maximum absolute atomic E-state index is 13.3. The molecule has 2 aromatic heterocycles. The monoisotopic (exact) mass is 455 g/mol. The number of methoxy groups -OCH3 is 2. The van der Waals surface area contributed by atoms with Crippen LogP contribution in [-0.2, 0) is 12.6 Å². The van der Waals surface area contributed by atoms with Crippen LogP contribution in [0.1, 0.15) is 22.9 Å². The predicted molar refractivity (Wildman–Crippen MR) is 115 cm³/mol. The van der Waals surface area contributed by atoms with E-state index in [1.54, 1.807) is 6.07 Å². The highest BCUT2D eigenvalue weighted by Crippen LogP contribution is 2.33. The highest BCUT2D eigenvalue weighted by atomic mass is 19.4. The molecule has 0 bridgehead atoms. The largest absolute Gasteiger partial charge is 0.481 e. The number of pyridine rings is 1. The van der Waals surface area contributed by atoms with Crippen LogP contribution in [-0.4, -0.2) is 29.2 Å². The van der Waals surface area contributed by atoms with Crippen LogP contribution >= 0.6 is 0 Å². The Morgan fingerprint density at radius 3 is 2.24 bits per heavy atom. The molecule has 0 spiro atoms. The van der Waals surface area contributed by atoms with Crippen LogP contribution in [0.3, 0.4) is 0 Å². The van der Waals surface area contributed by atoms with E-state index in [2.05, 4.69) is 15.0 Å². The number of aromatic nitrogens is 3. The average molecular weight is 455 g/mol. The van der Waals surface area contributed by atoms with E-state index in [-0.39, 0.29) is 24.2 Å². The molecule has 0 aliphatic heterocycles. The zero-order valence-corrected chi connectivity index (χ0v) is 17.8. The molecule has 0 saturated heterocycles. The molecule has 33 heavy (non-hydrogen) atoms. The van der Waals surface area contributed by atoms with Crippen LogP contribution in [0.4, 0.5) is 13.2 Å². The summed E-state index contributed by atoms with van der Waals surface area (Å²) in [5, 5.41) is 0.957. The molecule has 0 aliphatic carbocycles. The van der Waals surface area contributed by atoms with Crippen molar-refractivity contribution in [2.24, 2.45) is 0 Å². The van der Waals surface area contributed by atoms with E-state index in [4.69, 9.17) is 14.2 Å². The van der Waals surface area contributed by atoms with Crippen molar-refractivity contribution in [3.63, 3.8) is 0 Å². The van der Waals surface area contributed by atoms with Gasteiger partial charge in [-0.25, -0.2) is 0 Å². The lowest BCUT2D eigenvalue weighted by atomic mass is 10.0. The molecular weight excluding hydrogens is 435 g/mol. The molecule has 0 aliphatic rings. The SMILES string of the molecule is COc1cc(OC)nc(OC(Cc2ccc3ccccc3n2)c2cccc(C(F)(F)F)c2)n1. The molecule has 2 heterocycles. The van der Waals surface area contributed by atoms with Crippen molar-refractivity contribution in [3.05, 3.63) is 83.6 Å². The van der Waals surface area contributed by atoms with Crippen LogP contribution in [0.25, 0.3) is 10.9 Å². The second-order valence-corrected chi connectivity index (χ2v) is 7.16. The van der Waals surface area contributed by atoms with Gasteiger partial charge in [-0.2, -0.15) is 23.1 Å². The van der Waals surface area contributed by atoms with E-state index in [0.717, 1.165) is 23.0 Å². The molecule has 0 fully saturated rings. The lowest BCUT2D eigenvalue weighted by molar-refractivity contribution is -0.137. The van der Waals surface area contributed by atoms with Crippen LogP contribution in [0.5, 0.6) is 17.8 Å². The summed E-state index contributed by atoms with van der Waals surface area (Å²) in [5.74, 6) is 0.395. The maximum Gasteiger partial charge on any atom is 0.416 e. The third-order valence-electron chi connectivity index (χ3n) is 4.96. The topological polar surface area (TPSA) is 66.4 Å². The molecule has 1 unspecified atom stereocenters. The number of alkyl halides is 3. The number of hydrogen-bond donors (Lipinski definition) is 0. The van der Waals surface area contributed by atoms with Crippen LogP contribution in [0, 0.1) is 0 Å². The average Bonchev–Trinajstić information content (AvgIpc) is 2.83. The fourth-order valence-electron chi connectivity index (χ4n) is 3.33. The van der Waals surface area contributed by atoms with E-state index in [1.807, 2.05) is 36.4 Å². The van der Waals surface area contributed by atoms with E-state index in [1.165, 1.54) is 26.4 Å². The van der Waals surface area contributed by atoms with E-state index >= 15 is 0 Å². The molecule has 0 N–H and O–H groups in total. The first kappa shape index (κ1) is 22.3. The fraction of sp³-hybridized carbons (Fsp3) is 0.208. The zero-order chi connectivity index (χ0) is 23.4. The second-order valence-electron chi connectivity index (χ2n) is 7.16. The Labute approximate surface area is 188 Å². The minimum Gasteiger partial charge on any atom is -0.481 e. The van der Waals surface area contributed by atoms with Gasteiger partial charge in [-0.05, 0) is 29.8 Å². The Balaban J connectivity index is 1.73. The molecule has 4 aromatic rings. The summed E-state index contributed by atoms with van der Waals surface area (Å²) in [5.41, 5.74) is 0.956. The predicted octanol–water partition coefficient (Wildman–Crippen LogP) is 5.42. The first-order chi connectivity index (χ1) is 15.9. The van der Waals surface area contributed by atoms with Gasteiger partial charge in [-0.15, -0.1) is 0 Å². The Kier molecular flexibility index (Phi) is 6.30. The number of para-hydroxylation sites is 1. The fourth-order valence-corrected chi connectivity index (χ4v) is 3.33. The van der Waals surface area contributed by atoms with Gasteiger partial charge in [0.2, 0.25) is 11.8 Å². The highest BCUT2D eigenvalue weighted by Gasteiger charge is 2.31.